The minimum atomic E-state index is -0.835. The molecule has 0 aliphatic carbocycles. The van der Waals surface area contributed by atoms with Crippen molar-refractivity contribution in [3.63, 3.8) is 0 Å². The summed E-state index contributed by atoms with van der Waals surface area (Å²) in [7, 11) is 1.47. The van der Waals surface area contributed by atoms with Crippen molar-refractivity contribution in [1.29, 1.82) is 0 Å². The number of carbonyl (C=O) groups is 2. The molecule has 1 saturated heterocycles. The van der Waals surface area contributed by atoms with Gasteiger partial charge in [-0.05, 0) is 31.0 Å². The van der Waals surface area contributed by atoms with Gasteiger partial charge in [0.2, 0.25) is 0 Å². The number of halogens is 1. The van der Waals surface area contributed by atoms with Gasteiger partial charge in [0, 0.05) is 38.3 Å². The highest BCUT2D eigenvalue weighted by Gasteiger charge is 2.24. The molecule has 0 radical (unpaired) electrons. The van der Waals surface area contributed by atoms with Crippen LogP contribution in [0.5, 0.6) is 0 Å². The standard InChI is InChI=1S/C21H22FN3O5/c1-23(13-16-6-2-3-7-17(16)22)20(26)14-30-21(27)15-8-9-18(19(12-15)25(28)29)24-10-4-5-11-24/h2-3,6-9,12H,4-5,10-11,13-14H2,1H3. The van der Waals surface area contributed by atoms with Crippen molar-refractivity contribution < 1.29 is 23.6 Å². The Bertz CT molecular complexity index is 959. The molecule has 9 heteroatoms. The lowest BCUT2D eigenvalue weighted by molar-refractivity contribution is -0.384. The van der Waals surface area contributed by atoms with Crippen molar-refractivity contribution in [3.8, 4) is 0 Å². The minimum Gasteiger partial charge on any atom is -0.452 e. The van der Waals surface area contributed by atoms with Crippen LogP contribution >= 0.6 is 0 Å². The Kier molecular flexibility index (Phi) is 6.61. The molecule has 0 unspecified atom stereocenters. The first kappa shape index (κ1) is 21.2. The van der Waals surface area contributed by atoms with E-state index in [9.17, 15) is 24.1 Å². The first-order valence-electron chi connectivity index (χ1n) is 9.54. The van der Waals surface area contributed by atoms with Crippen LogP contribution in [-0.4, -0.2) is 48.4 Å². The summed E-state index contributed by atoms with van der Waals surface area (Å²) in [5.74, 6) is -1.78. The molecule has 2 aromatic carbocycles. The summed E-state index contributed by atoms with van der Waals surface area (Å²) >= 11 is 0. The molecule has 2 aromatic rings. The maximum atomic E-state index is 13.7. The molecule has 8 nitrogen and oxygen atoms in total. The number of esters is 1. The maximum Gasteiger partial charge on any atom is 0.338 e. The van der Waals surface area contributed by atoms with E-state index in [2.05, 4.69) is 0 Å². The predicted octanol–water partition coefficient (Wildman–Crippen LogP) is 3.15. The molecule has 0 aromatic heterocycles. The van der Waals surface area contributed by atoms with E-state index in [0.29, 0.717) is 11.3 Å². The topological polar surface area (TPSA) is 93.0 Å². The number of amides is 1. The van der Waals surface area contributed by atoms with Crippen molar-refractivity contribution in [3.05, 3.63) is 69.5 Å². The third-order valence-corrected chi connectivity index (χ3v) is 4.97. The summed E-state index contributed by atoms with van der Waals surface area (Å²) in [6, 6.07) is 10.2. The monoisotopic (exact) mass is 415 g/mol. The number of ether oxygens (including phenoxy) is 1. The zero-order valence-corrected chi connectivity index (χ0v) is 16.5. The van der Waals surface area contributed by atoms with Crippen molar-refractivity contribution in [1.82, 2.24) is 4.90 Å². The molecule has 158 valence electrons. The van der Waals surface area contributed by atoms with Crippen LogP contribution in [0.25, 0.3) is 0 Å². The minimum absolute atomic E-state index is 0.00537. The second kappa shape index (κ2) is 9.34. The van der Waals surface area contributed by atoms with E-state index in [-0.39, 0.29) is 17.8 Å². The van der Waals surface area contributed by atoms with Crippen LogP contribution in [-0.2, 0) is 16.1 Å². The maximum absolute atomic E-state index is 13.7. The van der Waals surface area contributed by atoms with Gasteiger partial charge in [-0.3, -0.25) is 14.9 Å². The molecule has 1 aliphatic heterocycles. The van der Waals surface area contributed by atoms with Gasteiger partial charge in [0.1, 0.15) is 11.5 Å². The lowest BCUT2D eigenvalue weighted by atomic mass is 10.1. The highest BCUT2D eigenvalue weighted by Crippen LogP contribution is 2.31. The molecule has 0 bridgehead atoms. The number of benzene rings is 2. The smallest absolute Gasteiger partial charge is 0.338 e. The largest absolute Gasteiger partial charge is 0.452 e. The molecule has 3 rings (SSSR count). The number of carbonyl (C=O) groups excluding carboxylic acids is 2. The van der Waals surface area contributed by atoms with Gasteiger partial charge in [-0.2, -0.15) is 0 Å². The quantitative estimate of drug-likeness (QED) is 0.392. The number of nitro benzene ring substituents is 1. The second-order valence-corrected chi connectivity index (χ2v) is 7.07. The molecule has 0 N–H and O–H groups in total. The summed E-state index contributed by atoms with van der Waals surface area (Å²) in [5, 5.41) is 11.4. The number of hydrogen-bond donors (Lipinski definition) is 0. The van der Waals surface area contributed by atoms with E-state index in [1.807, 2.05) is 4.90 Å². The first-order chi connectivity index (χ1) is 14.4. The molecular formula is C21H22FN3O5. The number of rotatable bonds is 7. The summed E-state index contributed by atoms with van der Waals surface area (Å²) in [5.41, 5.74) is 0.631. The highest BCUT2D eigenvalue weighted by atomic mass is 19.1. The fourth-order valence-electron chi connectivity index (χ4n) is 3.31. The number of anilines is 1. The van der Waals surface area contributed by atoms with Crippen LogP contribution in [0.3, 0.4) is 0 Å². The summed E-state index contributed by atoms with van der Waals surface area (Å²) < 4.78 is 18.7. The summed E-state index contributed by atoms with van der Waals surface area (Å²) in [6.45, 7) is 0.936. The first-order valence-corrected chi connectivity index (χ1v) is 9.54. The number of nitro groups is 1. The molecule has 1 fully saturated rings. The third-order valence-electron chi connectivity index (χ3n) is 4.97. The SMILES string of the molecule is CN(Cc1ccccc1F)C(=O)COC(=O)c1ccc(N2CCCC2)c([N+](=O)[O-])c1. The molecular weight excluding hydrogens is 393 g/mol. The van der Waals surface area contributed by atoms with Gasteiger partial charge in [0.05, 0.1) is 10.5 Å². The predicted molar refractivity (Wildman–Crippen MR) is 108 cm³/mol. The highest BCUT2D eigenvalue weighted by molar-refractivity contribution is 5.93. The van der Waals surface area contributed by atoms with Crippen LogP contribution in [0.4, 0.5) is 15.8 Å². The molecule has 0 spiro atoms. The van der Waals surface area contributed by atoms with Gasteiger partial charge in [0.25, 0.3) is 11.6 Å². The Morgan fingerprint density at radius 3 is 2.57 bits per heavy atom. The van der Waals surface area contributed by atoms with E-state index < -0.39 is 29.2 Å². The van der Waals surface area contributed by atoms with Gasteiger partial charge >= 0.3 is 5.97 Å². The van der Waals surface area contributed by atoms with Crippen LogP contribution in [0.1, 0.15) is 28.8 Å². The van der Waals surface area contributed by atoms with Crippen molar-refractivity contribution >= 4 is 23.3 Å². The van der Waals surface area contributed by atoms with E-state index in [4.69, 9.17) is 4.74 Å². The van der Waals surface area contributed by atoms with Crippen LogP contribution in [0.2, 0.25) is 0 Å². The van der Waals surface area contributed by atoms with Crippen molar-refractivity contribution in [2.45, 2.75) is 19.4 Å². The van der Waals surface area contributed by atoms with Gasteiger partial charge in [-0.15, -0.1) is 0 Å². The van der Waals surface area contributed by atoms with E-state index in [0.717, 1.165) is 25.9 Å². The Balaban J connectivity index is 1.62. The molecule has 0 saturated carbocycles. The fourth-order valence-corrected chi connectivity index (χ4v) is 3.31. The summed E-state index contributed by atoms with van der Waals surface area (Å²) in [6.07, 6.45) is 1.92. The normalized spacial score (nSPS) is 13.2. The zero-order chi connectivity index (χ0) is 21.7. The second-order valence-electron chi connectivity index (χ2n) is 7.07. The van der Waals surface area contributed by atoms with Crippen LogP contribution in [0, 0.1) is 15.9 Å². The lowest BCUT2D eigenvalue weighted by Gasteiger charge is -2.18. The Morgan fingerprint density at radius 2 is 1.90 bits per heavy atom. The molecule has 1 amide bonds. The number of hydrogen-bond acceptors (Lipinski definition) is 6. The molecule has 1 heterocycles. The fraction of sp³-hybridized carbons (Fsp3) is 0.333. The van der Waals surface area contributed by atoms with Gasteiger partial charge in [0.15, 0.2) is 6.61 Å². The molecule has 1 aliphatic rings. The Hall–Kier alpha value is -3.49. The van der Waals surface area contributed by atoms with Crippen molar-refractivity contribution in [2.24, 2.45) is 0 Å². The number of likely N-dealkylation sites (N-methyl/N-ethyl adjacent to an activating group) is 1. The third kappa shape index (κ3) is 4.91. The van der Waals surface area contributed by atoms with E-state index in [1.54, 1.807) is 18.2 Å². The van der Waals surface area contributed by atoms with E-state index in [1.165, 1.54) is 36.2 Å². The average Bonchev–Trinajstić information content (AvgIpc) is 3.27. The van der Waals surface area contributed by atoms with Gasteiger partial charge in [-0.25, -0.2) is 9.18 Å². The van der Waals surface area contributed by atoms with Crippen LogP contribution < -0.4 is 4.90 Å². The van der Waals surface area contributed by atoms with Crippen LogP contribution in [0.15, 0.2) is 42.5 Å². The van der Waals surface area contributed by atoms with Gasteiger partial charge in [-0.1, -0.05) is 18.2 Å². The number of nitrogens with zero attached hydrogens (tertiary/aromatic N) is 3. The Morgan fingerprint density at radius 1 is 1.20 bits per heavy atom. The molecule has 30 heavy (non-hydrogen) atoms. The molecule has 0 atom stereocenters. The van der Waals surface area contributed by atoms with E-state index >= 15 is 0 Å². The van der Waals surface area contributed by atoms with Gasteiger partial charge < -0.3 is 14.5 Å². The summed E-state index contributed by atoms with van der Waals surface area (Å²) in [4.78, 5) is 38.6. The average molecular weight is 415 g/mol. The van der Waals surface area contributed by atoms with Crippen molar-refractivity contribution in [2.75, 3.05) is 31.6 Å². The zero-order valence-electron chi connectivity index (χ0n) is 16.5. The Labute approximate surface area is 173 Å². The lowest BCUT2D eigenvalue weighted by Crippen LogP contribution is -2.31.